The van der Waals surface area contributed by atoms with Crippen LogP contribution in [-0.4, -0.2) is 19.9 Å². The van der Waals surface area contributed by atoms with Crippen molar-refractivity contribution in [2.45, 2.75) is 6.92 Å². The van der Waals surface area contributed by atoms with Crippen LogP contribution in [0.25, 0.3) is 22.4 Å². The van der Waals surface area contributed by atoms with Crippen molar-refractivity contribution in [2.75, 3.05) is 0 Å². The highest BCUT2D eigenvalue weighted by Crippen LogP contribution is 2.35. The third-order valence-corrected chi connectivity index (χ3v) is 3.40. The largest absolute Gasteiger partial charge is 0.299 e. The minimum atomic E-state index is -0.398. The SMILES string of the molecule is Cc1c(-c2cccnc2)cnc(-c2cccnc2)c1[N+](=O)[O-]. The fourth-order valence-electron chi connectivity index (χ4n) is 2.34. The van der Waals surface area contributed by atoms with E-state index in [1.165, 1.54) is 0 Å². The number of nitro groups is 1. The first kappa shape index (κ1) is 13.8. The topological polar surface area (TPSA) is 81.8 Å². The van der Waals surface area contributed by atoms with Crippen LogP contribution in [0.2, 0.25) is 0 Å². The normalized spacial score (nSPS) is 10.4. The van der Waals surface area contributed by atoms with E-state index in [9.17, 15) is 10.1 Å². The lowest BCUT2D eigenvalue weighted by Crippen LogP contribution is -2.00. The van der Waals surface area contributed by atoms with Crippen LogP contribution in [0.5, 0.6) is 0 Å². The summed E-state index contributed by atoms with van der Waals surface area (Å²) in [5.74, 6) is 0. The van der Waals surface area contributed by atoms with Gasteiger partial charge in [-0.05, 0) is 25.1 Å². The molecule has 6 nitrogen and oxygen atoms in total. The molecule has 6 heteroatoms. The van der Waals surface area contributed by atoms with Gasteiger partial charge in [0.05, 0.1) is 4.92 Å². The van der Waals surface area contributed by atoms with Crippen LogP contribution >= 0.6 is 0 Å². The Balaban J connectivity index is 2.24. The first-order valence-corrected chi connectivity index (χ1v) is 6.63. The van der Waals surface area contributed by atoms with Crippen molar-refractivity contribution in [3.05, 3.63) is 70.9 Å². The molecule has 3 aromatic rings. The number of pyridine rings is 3. The van der Waals surface area contributed by atoms with E-state index >= 15 is 0 Å². The maximum atomic E-state index is 11.5. The minimum absolute atomic E-state index is 0.00523. The Labute approximate surface area is 126 Å². The molecule has 0 aliphatic carbocycles. The lowest BCUT2D eigenvalue weighted by Gasteiger charge is -2.09. The zero-order valence-electron chi connectivity index (χ0n) is 11.8. The molecule has 22 heavy (non-hydrogen) atoms. The summed E-state index contributed by atoms with van der Waals surface area (Å²) in [7, 11) is 0. The van der Waals surface area contributed by atoms with E-state index in [0.29, 0.717) is 22.4 Å². The predicted molar refractivity (Wildman–Crippen MR) is 82.1 cm³/mol. The monoisotopic (exact) mass is 292 g/mol. The van der Waals surface area contributed by atoms with E-state index in [-0.39, 0.29) is 5.69 Å². The highest BCUT2D eigenvalue weighted by Gasteiger charge is 2.23. The van der Waals surface area contributed by atoms with Crippen molar-refractivity contribution in [1.29, 1.82) is 0 Å². The van der Waals surface area contributed by atoms with Gasteiger partial charge in [-0.25, -0.2) is 4.98 Å². The van der Waals surface area contributed by atoms with E-state index in [1.807, 2.05) is 6.07 Å². The molecular formula is C16H12N4O2. The Bertz CT molecular complexity index is 820. The minimum Gasteiger partial charge on any atom is -0.264 e. The van der Waals surface area contributed by atoms with E-state index < -0.39 is 4.92 Å². The molecule has 3 rings (SSSR count). The second kappa shape index (κ2) is 5.69. The number of rotatable bonds is 3. The Hall–Kier alpha value is -3.15. The average molecular weight is 292 g/mol. The number of nitrogens with zero attached hydrogens (tertiary/aromatic N) is 4. The van der Waals surface area contributed by atoms with Crippen molar-refractivity contribution in [3.8, 4) is 22.4 Å². The number of hydrogen-bond acceptors (Lipinski definition) is 5. The van der Waals surface area contributed by atoms with Gasteiger partial charge in [0.2, 0.25) is 0 Å². The maximum Gasteiger partial charge on any atom is 0.299 e. The van der Waals surface area contributed by atoms with Gasteiger partial charge in [0, 0.05) is 53.2 Å². The Morgan fingerprint density at radius 1 is 1.00 bits per heavy atom. The highest BCUT2D eigenvalue weighted by molar-refractivity contribution is 5.78. The highest BCUT2D eigenvalue weighted by atomic mass is 16.6. The molecule has 0 fully saturated rings. The summed E-state index contributed by atoms with van der Waals surface area (Å²) in [5, 5.41) is 11.5. The zero-order valence-corrected chi connectivity index (χ0v) is 11.8. The van der Waals surface area contributed by atoms with Gasteiger partial charge in [-0.2, -0.15) is 0 Å². The fraction of sp³-hybridized carbons (Fsp3) is 0.0625. The molecule has 0 aromatic carbocycles. The number of hydrogen-bond donors (Lipinski definition) is 0. The molecule has 0 atom stereocenters. The summed E-state index contributed by atoms with van der Waals surface area (Å²) in [6.45, 7) is 1.72. The van der Waals surface area contributed by atoms with Crippen molar-refractivity contribution in [3.63, 3.8) is 0 Å². The average Bonchev–Trinajstić information content (AvgIpc) is 2.55. The quantitative estimate of drug-likeness (QED) is 0.545. The van der Waals surface area contributed by atoms with Gasteiger partial charge in [-0.3, -0.25) is 20.1 Å². The summed E-state index contributed by atoms with van der Waals surface area (Å²) in [4.78, 5) is 23.5. The van der Waals surface area contributed by atoms with E-state index in [2.05, 4.69) is 15.0 Å². The van der Waals surface area contributed by atoms with Crippen molar-refractivity contribution >= 4 is 5.69 Å². The molecule has 0 aliphatic rings. The zero-order chi connectivity index (χ0) is 15.5. The lowest BCUT2D eigenvalue weighted by atomic mass is 10.00. The first-order valence-electron chi connectivity index (χ1n) is 6.63. The van der Waals surface area contributed by atoms with E-state index in [1.54, 1.807) is 56.1 Å². The molecule has 0 spiro atoms. The van der Waals surface area contributed by atoms with Gasteiger partial charge < -0.3 is 0 Å². The summed E-state index contributed by atoms with van der Waals surface area (Å²) >= 11 is 0. The summed E-state index contributed by atoms with van der Waals surface area (Å²) in [5.41, 5.74) is 3.00. The van der Waals surface area contributed by atoms with Crippen LogP contribution in [-0.2, 0) is 0 Å². The van der Waals surface area contributed by atoms with Gasteiger partial charge in [-0.15, -0.1) is 0 Å². The second-order valence-corrected chi connectivity index (χ2v) is 4.73. The third-order valence-electron chi connectivity index (χ3n) is 3.40. The molecule has 0 amide bonds. The maximum absolute atomic E-state index is 11.5. The molecule has 0 saturated carbocycles. The molecule has 0 unspecified atom stereocenters. The van der Waals surface area contributed by atoms with Gasteiger partial charge in [0.1, 0.15) is 5.69 Å². The summed E-state index contributed by atoms with van der Waals surface area (Å²) < 4.78 is 0. The van der Waals surface area contributed by atoms with Gasteiger partial charge in [0.15, 0.2) is 0 Å². The number of aromatic nitrogens is 3. The Morgan fingerprint density at radius 2 is 1.64 bits per heavy atom. The van der Waals surface area contributed by atoms with Crippen LogP contribution < -0.4 is 0 Å². The summed E-state index contributed by atoms with van der Waals surface area (Å²) in [6.07, 6.45) is 8.15. The fourth-order valence-corrected chi connectivity index (χ4v) is 2.34. The van der Waals surface area contributed by atoms with Gasteiger partial charge in [-0.1, -0.05) is 6.07 Å². The van der Waals surface area contributed by atoms with Crippen LogP contribution in [0.3, 0.4) is 0 Å². The lowest BCUT2D eigenvalue weighted by molar-refractivity contribution is -0.384. The molecule has 108 valence electrons. The summed E-state index contributed by atoms with van der Waals surface area (Å²) in [6, 6.07) is 7.12. The van der Waals surface area contributed by atoms with Crippen LogP contribution in [0.1, 0.15) is 5.56 Å². The first-order chi connectivity index (χ1) is 10.7. The van der Waals surface area contributed by atoms with Crippen molar-refractivity contribution < 1.29 is 4.92 Å². The molecule has 0 N–H and O–H groups in total. The molecule has 0 bridgehead atoms. The molecular weight excluding hydrogens is 280 g/mol. The Kier molecular flexibility index (Phi) is 3.57. The van der Waals surface area contributed by atoms with Gasteiger partial charge >= 0.3 is 0 Å². The van der Waals surface area contributed by atoms with Gasteiger partial charge in [0.25, 0.3) is 5.69 Å². The second-order valence-electron chi connectivity index (χ2n) is 4.73. The molecule has 0 radical (unpaired) electrons. The molecule has 3 aromatic heterocycles. The molecule has 0 aliphatic heterocycles. The van der Waals surface area contributed by atoms with E-state index in [0.717, 1.165) is 5.56 Å². The Morgan fingerprint density at radius 3 is 2.18 bits per heavy atom. The van der Waals surface area contributed by atoms with Crippen molar-refractivity contribution in [2.24, 2.45) is 0 Å². The smallest absolute Gasteiger partial charge is 0.264 e. The van der Waals surface area contributed by atoms with Crippen LogP contribution in [0.4, 0.5) is 5.69 Å². The van der Waals surface area contributed by atoms with E-state index in [4.69, 9.17) is 0 Å². The van der Waals surface area contributed by atoms with Crippen molar-refractivity contribution in [1.82, 2.24) is 15.0 Å². The van der Waals surface area contributed by atoms with Crippen LogP contribution in [0.15, 0.2) is 55.2 Å². The molecule has 3 heterocycles. The van der Waals surface area contributed by atoms with Crippen LogP contribution in [0, 0.1) is 17.0 Å². The molecule has 0 saturated heterocycles. The standard InChI is InChI=1S/C16H12N4O2/c1-11-14(12-4-2-6-17-8-12)10-19-15(16(11)20(21)22)13-5-3-7-18-9-13/h2-10H,1H3. The third kappa shape index (κ3) is 2.42. The predicted octanol–water partition coefficient (Wildman–Crippen LogP) is 3.42.